The van der Waals surface area contributed by atoms with Gasteiger partial charge in [0.1, 0.15) is 0 Å². The Morgan fingerprint density at radius 3 is 0.795 bits per heavy atom. The van der Waals surface area contributed by atoms with Crippen LogP contribution in [-0.4, -0.2) is 62.3 Å². The maximum atomic E-state index is 10.9. The molecule has 0 aromatic carbocycles. The molecule has 7 N–H and O–H groups in total. The van der Waals surface area contributed by atoms with Gasteiger partial charge in [0.15, 0.2) is 0 Å². The van der Waals surface area contributed by atoms with Crippen LogP contribution < -0.4 is 34.1 Å². The predicted octanol–water partition coefficient (Wildman–Crippen LogP) is -2.01. The molecule has 0 unspecified atom stereocenters. The molecule has 0 aliphatic heterocycles. The Labute approximate surface area is 201 Å². The van der Waals surface area contributed by atoms with Crippen LogP contribution in [0.15, 0.2) is 33.8 Å². The van der Waals surface area contributed by atoms with Gasteiger partial charge in [-0.3, -0.25) is 15.0 Å². The summed E-state index contributed by atoms with van der Waals surface area (Å²) in [6, 6.07) is 0. The van der Waals surface area contributed by atoms with Gasteiger partial charge in [0.2, 0.25) is 17.1 Å². The second-order valence-corrected chi connectivity index (χ2v) is 4.01. The molecule has 0 atom stereocenters. The molecule has 0 spiro atoms. The summed E-state index contributed by atoms with van der Waals surface area (Å²) in [6.07, 6.45) is 1.75. The molecule has 0 radical (unpaired) electrons. The van der Waals surface area contributed by atoms with Crippen LogP contribution >= 0.6 is 0 Å². The van der Waals surface area contributed by atoms with Crippen LogP contribution in [0.3, 0.4) is 0 Å². The van der Waals surface area contributed by atoms with Crippen LogP contribution in [0.1, 0.15) is 13.8 Å². The monoisotopic (exact) mass is 1580 g/mol. The zero-order valence-electron chi connectivity index (χ0n) is 22.6. The van der Waals surface area contributed by atoms with Gasteiger partial charge < -0.3 is 60.4 Å². The summed E-state index contributed by atoms with van der Waals surface area (Å²) >= 11 is 0. The molecule has 2 aromatic rings. The molecule has 39 heavy (non-hydrogen) atoms. The standard InChI is InChI=1S/C6H6N3O3.C3H3N3O3.C3H7N.C2H5.4CH3O.4Rf/c1-7-4(10)8(2)6(12)9(3)5(7)11;7-1-4-2(8)6-3(9)5-1;1-3-4-2;5*1-2;;;;/h1-3H2;(H3,4,5,6,7,8,9);3H,1-2H3;1H2,2H3;4*2H,1H2;;;;/q-3;;;5*-1;;;;. The Bertz CT molecular complexity index is 923. The molecule has 0 amide bonds. The zero-order valence-corrected chi connectivity index (χ0v) is 48.2. The predicted molar refractivity (Wildman–Crippen MR) is 130 cm³/mol. The van der Waals surface area contributed by atoms with Crippen LogP contribution in [0.4, 0.5) is 0 Å². The van der Waals surface area contributed by atoms with E-state index in [-0.39, 0.29) is 0 Å². The molecule has 0 bridgehead atoms. The largest absolute Gasteiger partial charge is 0.569 e. The number of hydrogen-bond acceptors (Lipinski definition) is 11. The fourth-order valence-corrected chi connectivity index (χ4v) is 1.09. The minimum Gasteiger partial charge on any atom is -0.569 e. The minimum absolute atomic E-state index is 0. The van der Waals surface area contributed by atoms with Crippen molar-refractivity contribution in [3.8, 4) is 0 Å². The van der Waals surface area contributed by atoms with E-state index in [2.05, 4.69) is 61.5 Å². The van der Waals surface area contributed by atoms with Gasteiger partial charge in [0.05, 0.1) is 0 Å². The number of aliphatic hydroxyl groups excluding tert-OH is 4. The van der Waals surface area contributed by atoms with Gasteiger partial charge in [-0.2, -0.15) is 6.92 Å². The van der Waals surface area contributed by atoms with Crippen LogP contribution in [0, 0.1) is 56.5 Å². The van der Waals surface area contributed by atoms with Gasteiger partial charge in [-0.05, 0) is 13.1 Å². The number of aromatic amines is 3. The van der Waals surface area contributed by atoms with Gasteiger partial charge in [0.25, 0.3) is 0 Å². The second-order valence-electron chi connectivity index (χ2n) is 4.01. The number of aliphatic hydroxyl groups is 4. The molecule has 2 heterocycles. The Morgan fingerprint density at radius 2 is 0.692 bits per heavy atom. The number of H-pyrrole nitrogens is 3. The summed E-state index contributed by atoms with van der Waals surface area (Å²) < 4.78 is 1.50. The summed E-state index contributed by atoms with van der Waals surface area (Å²) in [5.41, 5.74) is -5.02. The average molecular weight is 1580 g/mol. The van der Waals surface area contributed by atoms with Crippen molar-refractivity contribution in [2.24, 2.45) is 4.99 Å². The first-order chi connectivity index (χ1) is 16.6. The average Bonchev–Trinajstić information content (AvgIpc) is 2.90. The van der Waals surface area contributed by atoms with E-state index in [9.17, 15) is 28.8 Å². The van der Waals surface area contributed by atoms with Gasteiger partial charge in [-0.1, -0.05) is 0 Å². The first-order valence-electron chi connectivity index (χ1n) is 8.27. The second kappa shape index (κ2) is 43.8. The topological polar surface area (TPSA) is 258 Å². The van der Waals surface area contributed by atoms with Crippen molar-refractivity contribution >= 4 is 6.21 Å². The molecule has 0 aliphatic rings. The fourth-order valence-electron chi connectivity index (χ4n) is 1.09. The number of aromatic nitrogens is 6. The summed E-state index contributed by atoms with van der Waals surface area (Å²) in [7, 11) is 20.1. The summed E-state index contributed by atoms with van der Waals surface area (Å²) in [5, 5.41) is 27.0. The normalized spacial score (nSPS) is 6.97. The fraction of sp³-hybridized carbons (Fsp3) is 0.167. The molecule has 17 nitrogen and oxygen atoms in total. The summed E-state index contributed by atoms with van der Waals surface area (Å²) in [4.78, 5) is 72.3. The van der Waals surface area contributed by atoms with Crippen molar-refractivity contribution in [2.45, 2.75) is 13.8 Å². The number of aliphatic imine (C=N–C) groups is 1. The van der Waals surface area contributed by atoms with Gasteiger partial charge in [-0.15, -0.1) is 21.1 Å². The van der Waals surface area contributed by atoms with E-state index < -0.39 is 34.1 Å². The quantitative estimate of drug-likeness (QED) is 0.113. The third-order valence-corrected chi connectivity index (χ3v) is 2.32. The first-order valence-corrected chi connectivity index (χ1v) is 8.27. The molecule has 0 fully saturated rings. The number of nitrogens with zero attached hydrogens (tertiary/aromatic N) is 4. The Kier molecular flexibility index (Phi) is 71.0. The Morgan fingerprint density at radius 1 is 0.564 bits per heavy atom. The van der Waals surface area contributed by atoms with Crippen LogP contribution in [0.5, 0.6) is 0 Å². The maximum absolute atomic E-state index is 10.9. The SMILES string of the molecule is CC=NC.O=c1[nH]c(=O)[nH]c(=O)[nH]1.[CH2-]C.[CH2-]O.[CH2-]O.[CH2-]O.[CH2-]O.[CH2-]n1c(=O)n([CH2-])c(=O)n([CH2-])c1=O.[Rf].[Rf].[Rf].[Rf]. The van der Waals surface area contributed by atoms with Gasteiger partial charge in [0, 0.05) is 7.05 Å². The minimum atomic E-state index is -0.870. The molecule has 2 aromatic heterocycles. The van der Waals surface area contributed by atoms with Crippen LogP contribution in [0.2, 0.25) is 0 Å². The van der Waals surface area contributed by atoms with E-state index in [0.717, 1.165) is 0 Å². The summed E-state index contributed by atoms with van der Waals surface area (Å²) in [6.45, 7) is 6.89. The van der Waals surface area contributed by atoms with E-state index in [1.807, 2.05) is 6.92 Å². The van der Waals surface area contributed by atoms with E-state index in [1.165, 1.54) is 0 Å². The van der Waals surface area contributed by atoms with E-state index in [0.29, 0.717) is 13.7 Å². The van der Waals surface area contributed by atoms with Gasteiger partial charge >= 0.3 is 17.1 Å². The van der Waals surface area contributed by atoms with Crippen molar-refractivity contribution < 1.29 is 20.4 Å². The third-order valence-electron chi connectivity index (χ3n) is 2.32. The van der Waals surface area contributed by atoms with Crippen LogP contribution in [0.25, 0.3) is 0 Å². The molecule has 216 valence electrons. The van der Waals surface area contributed by atoms with Crippen LogP contribution in [-0.2, 0) is 0 Å². The molecular formula is C18H33N7O10Rf4-8. The summed E-state index contributed by atoms with van der Waals surface area (Å²) in [5.74, 6) is 0. The molecular weight excluding hydrogens is 1540 g/mol. The van der Waals surface area contributed by atoms with E-state index in [1.54, 1.807) is 35.1 Å². The van der Waals surface area contributed by atoms with Crippen molar-refractivity contribution in [3.63, 3.8) is 0 Å². The Balaban J connectivity index is -0.0000000350. The van der Waals surface area contributed by atoms with Gasteiger partial charge in [-0.25, -0.2) is 42.8 Å². The smallest absolute Gasteiger partial charge is 0.330 e. The molecule has 0 saturated heterocycles. The van der Waals surface area contributed by atoms with Crippen molar-refractivity contribution in [1.29, 1.82) is 0 Å². The number of rotatable bonds is 0. The van der Waals surface area contributed by atoms with Crippen molar-refractivity contribution in [3.05, 3.63) is 119 Å². The third kappa shape index (κ3) is 27.9. The maximum Gasteiger partial charge on any atom is 0.330 e. The molecule has 0 saturated carbocycles. The first kappa shape index (κ1) is 63.3. The van der Waals surface area contributed by atoms with E-state index in [4.69, 9.17) is 20.4 Å². The van der Waals surface area contributed by atoms with Crippen molar-refractivity contribution in [1.82, 2.24) is 28.7 Å². The number of nitrogens with one attached hydrogen (secondary N) is 3. The zero-order chi connectivity index (χ0) is 29.7. The van der Waals surface area contributed by atoms with E-state index >= 15 is 0 Å². The molecule has 2 rings (SSSR count). The number of hydrogen-bond donors (Lipinski definition) is 7. The van der Waals surface area contributed by atoms with Crippen molar-refractivity contribution in [2.75, 3.05) is 7.05 Å². The molecule has 0 aliphatic carbocycles. The Hall–Kier alpha value is -8.06. The molecule has 21 heteroatoms.